The lowest BCUT2D eigenvalue weighted by molar-refractivity contribution is 0.0585. The normalized spacial score (nSPS) is 13.9. The Kier molecular flexibility index (Phi) is 6.45. The summed E-state index contributed by atoms with van der Waals surface area (Å²) in [7, 11) is 3.51. The van der Waals surface area contributed by atoms with Gasteiger partial charge in [0.25, 0.3) is 0 Å². The van der Waals surface area contributed by atoms with Gasteiger partial charge in [0.05, 0.1) is 19.3 Å². The third-order valence-corrected chi connectivity index (χ3v) is 1.41. The molecular weight excluding hydrogens is 146 g/mol. The summed E-state index contributed by atoms with van der Waals surface area (Å²) in [6.07, 6.45) is -0.642. The predicted octanol–water partition coefficient (Wildman–Crippen LogP) is -1.08. The van der Waals surface area contributed by atoms with Gasteiger partial charge < -0.3 is 19.8 Å². The Morgan fingerprint density at radius 2 is 2.18 bits per heavy atom. The Labute approximate surface area is 67.4 Å². The number of methoxy groups -OCH3 is 1. The maximum Gasteiger partial charge on any atom is 0.0897 e. The van der Waals surface area contributed by atoms with E-state index in [2.05, 4.69) is 0 Å². The maximum atomic E-state index is 9.00. The second kappa shape index (κ2) is 6.54. The molecule has 0 unspecified atom stereocenters. The monoisotopic (exact) mass is 163 g/mol. The Balaban J connectivity index is 3.27. The average molecular weight is 163 g/mol. The Bertz CT molecular complexity index is 89.8. The fourth-order valence-electron chi connectivity index (χ4n) is 0.756. The van der Waals surface area contributed by atoms with E-state index >= 15 is 0 Å². The molecular formula is C7H17NO3. The van der Waals surface area contributed by atoms with Crippen molar-refractivity contribution in [2.45, 2.75) is 6.10 Å². The molecule has 4 nitrogen and oxygen atoms in total. The van der Waals surface area contributed by atoms with Crippen molar-refractivity contribution in [2.24, 2.45) is 0 Å². The summed E-state index contributed by atoms with van der Waals surface area (Å²) in [6, 6.07) is 0. The van der Waals surface area contributed by atoms with Crippen molar-refractivity contribution in [2.75, 3.05) is 40.5 Å². The second-order valence-corrected chi connectivity index (χ2v) is 2.59. The van der Waals surface area contributed by atoms with E-state index in [1.807, 2.05) is 11.9 Å². The van der Waals surface area contributed by atoms with Gasteiger partial charge in [0.2, 0.25) is 0 Å². The molecule has 0 bridgehead atoms. The maximum absolute atomic E-state index is 9.00. The summed E-state index contributed by atoms with van der Waals surface area (Å²) < 4.78 is 4.84. The molecule has 0 radical (unpaired) electrons. The molecule has 2 N–H and O–H groups in total. The van der Waals surface area contributed by atoms with E-state index in [1.165, 1.54) is 0 Å². The number of hydrogen-bond donors (Lipinski definition) is 2. The Hall–Kier alpha value is -0.160. The van der Waals surface area contributed by atoms with Crippen molar-refractivity contribution >= 4 is 0 Å². The first kappa shape index (κ1) is 10.8. The van der Waals surface area contributed by atoms with Crippen LogP contribution in [0.4, 0.5) is 0 Å². The zero-order chi connectivity index (χ0) is 8.69. The zero-order valence-corrected chi connectivity index (χ0v) is 7.16. The molecule has 0 heterocycles. The van der Waals surface area contributed by atoms with Crippen molar-refractivity contribution in [3.05, 3.63) is 0 Å². The molecule has 11 heavy (non-hydrogen) atoms. The molecule has 0 saturated heterocycles. The van der Waals surface area contributed by atoms with Gasteiger partial charge in [-0.1, -0.05) is 0 Å². The average Bonchev–Trinajstić information content (AvgIpc) is 2.00. The van der Waals surface area contributed by atoms with Gasteiger partial charge in [-0.25, -0.2) is 0 Å². The molecule has 0 fully saturated rings. The van der Waals surface area contributed by atoms with Crippen LogP contribution < -0.4 is 0 Å². The van der Waals surface area contributed by atoms with E-state index in [4.69, 9.17) is 14.9 Å². The number of ether oxygens (including phenoxy) is 1. The molecule has 4 heteroatoms. The predicted molar refractivity (Wildman–Crippen MR) is 42.5 cm³/mol. The molecule has 1 atom stereocenters. The molecule has 0 spiro atoms. The Morgan fingerprint density at radius 1 is 1.55 bits per heavy atom. The van der Waals surface area contributed by atoms with Crippen LogP contribution in [0.25, 0.3) is 0 Å². The SMILES string of the molecule is COCCN(C)C[C@@H](O)CO. The van der Waals surface area contributed by atoms with Crippen molar-refractivity contribution < 1.29 is 14.9 Å². The van der Waals surface area contributed by atoms with Crippen molar-refractivity contribution in [3.63, 3.8) is 0 Å². The molecule has 0 aliphatic rings. The van der Waals surface area contributed by atoms with Gasteiger partial charge in [0.1, 0.15) is 0 Å². The van der Waals surface area contributed by atoms with Gasteiger partial charge in [-0.15, -0.1) is 0 Å². The summed E-state index contributed by atoms with van der Waals surface area (Å²) in [5, 5.41) is 17.5. The topological polar surface area (TPSA) is 52.9 Å². The highest BCUT2D eigenvalue weighted by Crippen LogP contribution is 1.87. The summed E-state index contributed by atoms with van der Waals surface area (Å²) in [4.78, 5) is 1.91. The summed E-state index contributed by atoms with van der Waals surface area (Å²) in [5.74, 6) is 0. The lowest BCUT2D eigenvalue weighted by Crippen LogP contribution is -2.33. The van der Waals surface area contributed by atoms with E-state index in [9.17, 15) is 0 Å². The van der Waals surface area contributed by atoms with Crippen LogP contribution >= 0.6 is 0 Å². The summed E-state index contributed by atoms with van der Waals surface area (Å²) in [5.41, 5.74) is 0. The quantitative estimate of drug-likeness (QED) is 0.523. The van der Waals surface area contributed by atoms with Crippen LogP contribution in [-0.4, -0.2) is 61.7 Å². The zero-order valence-electron chi connectivity index (χ0n) is 7.16. The van der Waals surface area contributed by atoms with Crippen molar-refractivity contribution in [3.8, 4) is 0 Å². The molecule has 0 aromatic carbocycles. The number of hydrogen-bond acceptors (Lipinski definition) is 4. The minimum absolute atomic E-state index is 0.183. The number of likely N-dealkylation sites (N-methyl/N-ethyl adjacent to an activating group) is 1. The summed E-state index contributed by atoms with van der Waals surface area (Å²) in [6.45, 7) is 1.72. The first-order chi connectivity index (χ1) is 5.20. The standard InChI is InChI=1S/C7H17NO3/c1-8(3-4-11-2)5-7(10)6-9/h7,9-10H,3-6H2,1-2H3/t7-/m1/s1. The van der Waals surface area contributed by atoms with E-state index in [0.717, 1.165) is 6.54 Å². The molecule has 0 saturated carbocycles. The third kappa shape index (κ3) is 6.25. The van der Waals surface area contributed by atoms with Crippen LogP contribution in [0.3, 0.4) is 0 Å². The lowest BCUT2D eigenvalue weighted by atomic mass is 10.3. The second-order valence-electron chi connectivity index (χ2n) is 2.59. The molecule has 0 aromatic heterocycles. The molecule has 68 valence electrons. The van der Waals surface area contributed by atoms with Gasteiger partial charge in [-0.2, -0.15) is 0 Å². The first-order valence-electron chi connectivity index (χ1n) is 3.67. The van der Waals surface area contributed by atoms with E-state index in [-0.39, 0.29) is 6.61 Å². The minimum Gasteiger partial charge on any atom is -0.394 e. The van der Waals surface area contributed by atoms with Crippen LogP contribution in [0.1, 0.15) is 0 Å². The number of aliphatic hydroxyl groups excluding tert-OH is 2. The van der Waals surface area contributed by atoms with Gasteiger partial charge in [0.15, 0.2) is 0 Å². The van der Waals surface area contributed by atoms with E-state index < -0.39 is 6.10 Å². The largest absolute Gasteiger partial charge is 0.394 e. The molecule has 0 aliphatic carbocycles. The van der Waals surface area contributed by atoms with Crippen molar-refractivity contribution in [1.82, 2.24) is 4.90 Å². The Morgan fingerprint density at radius 3 is 2.64 bits per heavy atom. The van der Waals surface area contributed by atoms with Crippen LogP contribution in [-0.2, 0) is 4.74 Å². The van der Waals surface area contributed by atoms with Gasteiger partial charge in [-0.05, 0) is 7.05 Å². The fraction of sp³-hybridized carbons (Fsp3) is 1.00. The molecule has 0 aromatic rings. The first-order valence-corrected chi connectivity index (χ1v) is 3.67. The number of rotatable bonds is 6. The number of nitrogens with zero attached hydrogens (tertiary/aromatic N) is 1. The minimum atomic E-state index is -0.642. The molecule has 0 amide bonds. The lowest BCUT2D eigenvalue weighted by Gasteiger charge is -2.18. The summed E-state index contributed by atoms with van der Waals surface area (Å²) >= 11 is 0. The van der Waals surface area contributed by atoms with Crippen LogP contribution in [0.5, 0.6) is 0 Å². The van der Waals surface area contributed by atoms with E-state index in [0.29, 0.717) is 13.2 Å². The van der Waals surface area contributed by atoms with Gasteiger partial charge in [0, 0.05) is 20.2 Å². The molecule has 0 rings (SSSR count). The molecule has 0 aliphatic heterocycles. The van der Waals surface area contributed by atoms with Gasteiger partial charge in [-0.3, -0.25) is 0 Å². The number of aliphatic hydroxyl groups is 2. The fourth-order valence-corrected chi connectivity index (χ4v) is 0.756. The smallest absolute Gasteiger partial charge is 0.0897 e. The van der Waals surface area contributed by atoms with Crippen LogP contribution in [0, 0.1) is 0 Å². The van der Waals surface area contributed by atoms with Gasteiger partial charge >= 0.3 is 0 Å². The van der Waals surface area contributed by atoms with Crippen molar-refractivity contribution in [1.29, 1.82) is 0 Å². The van der Waals surface area contributed by atoms with Crippen LogP contribution in [0.2, 0.25) is 0 Å². The van der Waals surface area contributed by atoms with Crippen LogP contribution in [0.15, 0.2) is 0 Å². The highest BCUT2D eigenvalue weighted by Gasteiger charge is 2.05. The highest BCUT2D eigenvalue weighted by molar-refractivity contribution is 4.58. The third-order valence-electron chi connectivity index (χ3n) is 1.41. The highest BCUT2D eigenvalue weighted by atomic mass is 16.5. The van der Waals surface area contributed by atoms with E-state index in [1.54, 1.807) is 7.11 Å².